The van der Waals surface area contributed by atoms with Gasteiger partial charge in [0.05, 0.1) is 18.6 Å². The molecule has 1 aromatic rings. The average Bonchev–Trinajstić information content (AvgIpc) is 2.97. The van der Waals surface area contributed by atoms with E-state index in [1.807, 2.05) is 6.92 Å². The highest BCUT2D eigenvalue weighted by atomic mass is 16.7. The molecule has 22 heavy (non-hydrogen) atoms. The summed E-state index contributed by atoms with van der Waals surface area (Å²) in [7, 11) is 0. The Bertz CT molecular complexity index is 663. The summed E-state index contributed by atoms with van der Waals surface area (Å²) in [5.74, 6) is -0.763. The van der Waals surface area contributed by atoms with E-state index >= 15 is 0 Å². The molecular weight excluding hydrogens is 276 g/mol. The number of fused-ring (bicyclic) bond motifs is 3. The van der Waals surface area contributed by atoms with E-state index in [0.717, 1.165) is 12.7 Å². The SMILES string of the molecule is CC1(C)COC2(C=C3c4ccccc4C[C@H]3[C@]2(C)C=O)OC1. The fourth-order valence-electron chi connectivity index (χ4n) is 4.06. The van der Waals surface area contributed by atoms with Gasteiger partial charge in [-0.05, 0) is 36.1 Å². The maximum atomic E-state index is 12.1. The van der Waals surface area contributed by atoms with Crippen molar-refractivity contribution in [2.45, 2.75) is 33.0 Å². The van der Waals surface area contributed by atoms with Crippen LogP contribution in [-0.2, 0) is 20.7 Å². The number of rotatable bonds is 1. The van der Waals surface area contributed by atoms with E-state index in [0.29, 0.717) is 13.2 Å². The molecule has 1 spiro atoms. The summed E-state index contributed by atoms with van der Waals surface area (Å²) >= 11 is 0. The molecule has 3 nitrogen and oxygen atoms in total. The highest BCUT2D eigenvalue weighted by Gasteiger charge is 2.63. The van der Waals surface area contributed by atoms with Gasteiger partial charge in [0.1, 0.15) is 6.29 Å². The van der Waals surface area contributed by atoms with Crippen LogP contribution in [0.5, 0.6) is 0 Å². The van der Waals surface area contributed by atoms with Gasteiger partial charge in [0.25, 0.3) is 0 Å². The standard InChI is InChI=1S/C19H22O3/c1-17(2)11-21-19(22-12-17)9-15-14-7-5-4-6-13(14)8-16(15)18(19,3)10-20/h4-7,9-10,16H,8,11-12H2,1-3H3/t16-,18+/m1/s1. The fraction of sp³-hybridized carbons (Fsp3) is 0.526. The van der Waals surface area contributed by atoms with E-state index in [4.69, 9.17) is 9.47 Å². The lowest BCUT2D eigenvalue weighted by Gasteiger charge is -2.48. The van der Waals surface area contributed by atoms with Crippen LogP contribution < -0.4 is 0 Å². The average molecular weight is 298 g/mol. The molecule has 2 atom stereocenters. The lowest BCUT2D eigenvalue weighted by atomic mass is 9.74. The number of hydrogen-bond acceptors (Lipinski definition) is 3. The maximum Gasteiger partial charge on any atom is 0.201 e. The van der Waals surface area contributed by atoms with Crippen LogP contribution in [0, 0.1) is 16.7 Å². The van der Waals surface area contributed by atoms with Crippen molar-refractivity contribution >= 4 is 11.9 Å². The third-order valence-corrected chi connectivity index (χ3v) is 5.55. The van der Waals surface area contributed by atoms with Crippen LogP contribution in [-0.4, -0.2) is 25.3 Å². The van der Waals surface area contributed by atoms with Crippen molar-refractivity contribution in [1.29, 1.82) is 0 Å². The fourth-order valence-corrected chi connectivity index (χ4v) is 4.06. The van der Waals surface area contributed by atoms with Gasteiger partial charge < -0.3 is 14.3 Å². The van der Waals surface area contributed by atoms with Gasteiger partial charge in [-0.2, -0.15) is 0 Å². The first-order chi connectivity index (χ1) is 10.4. The molecule has 1 fully saturated rings. The minimum Gasteiger partial charge on any atom is -0.345 e. The molecule has 3 aliphatic rings. The largest absolute Gasteiger partial charge is 0.345 e. The van der Waals surface area contributed by atoms with E-state index in [2.05, 4.69) is 44.2 Å². The molecule has 4 rings (SSSR count). The molecule has 0 bridgehead atoms. The Balaban J connectivity index is 1.81. The molecule has 2 aliphatic carbocycles. The van der Waals surface area contributed by atoms with Crippen LogP contribution in [0.2, 0.25) is 0 Å². The van der Waals surface area contributed by atoms with Gasteiger partial charge in [0.15, 0.2) is 0 Å². The Morgan fingerprint density at radius 1 is 1.14 bits per heavy atom. The first kappa shape index (κ1) is 14.2. The van der Waals surface area contributed by atoms with Crippen LogP contribution in [0.15, 0.2) is 30.3 Å². The van der Waals surface area contributed by atoms with Gasteiger partial charge in [0, 0.05) is 11.3 Å². The topological polar surface area (TPSA) is 35.5 Å². The molecule has 116 valence electrons. The zero-order chi connectivity index (χ0) is 15.6. The van der Waals surface area contributed by atoms with Gasteiger partial charge in [0.2, 0.25) is 5.79 Å². The van der Waals surface area contributed by atoms with Crippen LogP contribution in [0.3, 0.4) is 0 Å². The monoisotopic (exact) mass is 298 g/mol. The number of aldehydes is 1. The Morgan fingerprint density at radius 2 is 1.82 bits per heavy atom. The number of allylic oxidation sites excluding steroid dienone is 1. The number of carbonyl (C=O) groups excluding carboxylic acids is 1. The quantitative estimate of drug-likeness (QED) is 0.747. The van der Waals surface area contributed by atoms with Gasteiger partial charge in [-0.1, -0.05) is 38.1 Å². The molecule has 0 unspecified atom stereocenters. The van der Waals surface area contributed by atoms with E-state index in [-0.39, 0.29) is 11.3 Å². The smallest absolute Gasteiger partial charge is 0.201 e. The molecule has 0 saturated carbocycles. The molecule has 0 aromatic heterocycles. The summed E-state index contributed by atoms with van der Waals surface area (Å²) in [6.07, 6.45) is 4.01. The first-order valence-corrected chi connectivity index (χ1v) is 7.96. The summed E-state index contributed by atoms with van der Waals surface area (Å²) in [5, 5.41) is 0. The summed E-state index contributed by atoms with van der Waals surface area (Å²) in [4.78, 5) is 12.1. The summed E-state index contributed by atoms with van der Waals surface area (Å²) in [6, 6.07) is 8.40. The second kappa shape index (κ2) is 4.30. The molecule has 3 heteroatoms. The van der Waals surface area contributed by atoms with Crippen LogP contribution >= 0.6 is 0 Å². The minimum atomic E-state index is -0.905. The number of ether oxygens (including phenoxy) is 2. The van der Waals surface area contributed by atoms with E-state index in [1.54, 1.807) is 0 Å². The minimum absolute atomic E-state index is 0.0108. The molecule has 0 N–H and O–H groups in total. The van der Waals surface area contributed by atoms with E-state index < -0.39 is 11.2 Å². The summed E-state index contributed by atoms with van der Waals surface area (Å²) in [6.45, 7) is 7.44. The van der Waals surface area contributed by atoms with Crippen molar-refractivity contribution in [2.75, 3.05) is 13.2 Å². The van der Waals surface area contributed by atoms with Crippen molar-refractivity contribution in [3.8, 4) is 0 Å². The van der Waals surface area contributed by atoms with Crippen molar-refractivity contribution < 1.29 is 14.3 Å². The zero-order valence-electron chi connectivity index (χ0n) is 13.4. The molecule has 1 aromatic carbocycles. The maximum absolute atomic E-state index is 12.1. The molecular formula is C19H22O3. The Kier molecular flexibility index (Phi) is 2.77. The first-order valence-electron chi connectivity index (χ1n) is 7.96. The molecule has 1 heterocycles. The molecule has 1 saturated heterocycles. The van der Waals surface area contributed by atoms with Gasteiger partial charge in [-0.15, -0.1) is 0 Å². The van der Waals surface area contributed by atoms with Crippen molar-refractivity contribution in [3.63, 3.8) is 0 Å². The molecule has 1 aliphatic heterocycles. The second-order valence-electron chi connectivity index (χ2n) is 7.82. The van der Waals surface area contributed by atoms with E-state index in [1.165, 1.54) is 16.7 Å². The Morgan fingerprint density at radius 3 is 2.50 bits per heavy atom. The Labute approximate surface area is 131 Å². The summed E-state index contributed by atoms with van der Waals surface area (Å²) in [5.41, 5.74) is 3.10. The van der Waals surface area contributed by atoms with Gasteiger partial charge in [-0.25, -0.2) is 0 Å². The highest BCUT2D eigenvalue weighted by molar-refractivity contribution is 5.84. The van der Waals surface area contributed by atoms with Gasteiger partial charge in [-0.3, -0.25) is 0 Å². The second-order valence-corrected chi connectivity index (χ2v) is 7.82. The normalized spacial score (nSPS) is 34.1. The Hall–Kier alpha value is -1.45. The van der Waals surface area contributed by atoms with Crippen molar-refractivity contribution in [2.24, 2.45) is 16.7 Å². The summed E-state index contributed by atoms with van der Waals surface area (Å²) < 4.78 is 12.3. The lowest BCUT2D eigenvalue weighted by molar-refractivity contribution is -0.309. The predicted octanol–water partition coefficient (Wildman–Crippen LogP) is 3.23. The van der Waals surface area contributed by atoms with Crippen LogP contribution in [0.25, 0.3) is 5.57 Å². The molecule has 0 amide bonds. The van der Waals surface area contributed by atoms with Crippen LogP contribution in [0.1, 0.15) is 31.9 Å². The number of hydrogen-bond donors (Lipinski definition) is 0. The number of carbonyl (C=O) groups is 1. The van der Waals surface area contributed by atoms with Crippen LogP contribution in [0.4, 0.5) is 0 Å². The molecule has 0 radical (unpaired) electrons. The van der Waals surface area contributed by atoms with Gasteiger partial charge >= 0.3 is 0 Å². The zero-order valence-corrected chi connectivity index (χ0v) is 13.4. The third-order valence-electron chi connectivity index (χ3n) is 5.55. The number of benzene rings is 1. The van der Waals surface area contributed by atoms with E-state index in [9.17, 15) is 4.79 Å². The van der Waals surface area contributed by atoms with Crippen molar-refractivity contribution in [3.05, 3.63) is 41.5 Å². The predicted molar refractivity (Wildman–Crippen MR) is 84.2 cm³/mol. The third kappa shape index (κ3) is 1.67. The highest BCUT2D eigenvalue weighted by Crippen LogP contribution is 2.59. The lowest BCUT2D eigenvalue weighted by Crippen LogP contribution is -2.56. The van der Waals surface area contributed by atoms with Crippen molar-refractivity contribution in [1.82, 2.24) is 0 Å².